The molecule has 0 aromatic rings. The van der Waals surface area contributed by atoms with Crippen molar-refractivity contribution < 1.29 is 9.28 Å². The van der Waals surface area contributed by atoms with Crippen molar-refractivity contribution in [1.82, 2.24) is 5.32 Å². The smallest absolute Gasteiger partial charge is 0.272 e. The molecule has 0 bridgehead atoms. The van der Waals surface area contributed by atoms with Crippen LogP contribution in [-0.2, 0) is 4.79 Å². The van der Waals surface area contributed by atoms with Gasteiger partial charge in [-0.2, -0.15) is 0 Å². The predicted molar refractivity (Wildman–Crippen MR) is 56.7 cm³/mol. The fourth-order valence-electron chi connectivity index (χ4n) is 2.29. The van der Waals surface area contributed by atoms with Gasteiger partial charge in [0, 0.05) is 19.4 Å². The highest BCUT2D eigenvalue weighted by molar-refractivity contribution is 5.74. The average molecular weight is 200 g/mol. The van der Waals surface area contributed by atoms with Crippen molar-refractivity contribution in [3.63, 3.8) is 0 Å². The van der Waals surface area contributed by atoms with Crippen LogP contribution in [0.15, 0.2) is 0 Å². The van der Waals surface area contributed by atoms with Gasteiger partial charge in [-0.05, 0) is 6.54 Å². The molecule has 4 nitrogen and oxygen atoms in total. The van der Waals surface area contributed by atoms with E-state index in [1.165, 1.54) is 12.8 Å². The van der Waals surface area contributed by atoms with Crippen LogP contribution in [-0.4, -0.2) is 49.7 Å². The molecule has 0 spiro atoms. The minimum absolute atomic E-state index is 0.164. The standard InChI is InChI=1S/C10H21N3O/c1-2-12-5-8-13(9-10(11)14)6-3-4-7-13/h12H,2-9H2,1H3,(H-,11,14)/p+1. The van der Waals surface area contributed by atoms with Gasteiger partial charge < -0.3 is 15.5 Å². The molecule has 1 heterocycles. The largest absolute Gasteiger partial charge is 0.365 e. The molecule has 0 atom stereocenters. The predicted octanol–water partition coefficient (Wildman–Crippen LogP) is -0.308. The van der Waals surface area contributed by atoms with Crippen LogP contribution in [0.5, 0.6) is 0 Å². The highest BCUT2D eigenvalue weighted by Gasteiger charge is 2.32. The third-order valence-electron chi connectivity index (χ3n) is 3.02. The van der Waals surface area contributed by atoms with Gasteiger partial charge in [-0.3, -0.25) is 4.79 Å². The van der Waals surface area contributed by atoms with E-state index in [0.29, 0.717) is 6.54 Å². The molecule has 0 aromatic carbocycles. The van der Waals surface area contributed by atoms with E-state index >= 15 is 0 Å². The van der Waals surface area contributed by atoms with Crippen LogP contribution >= 0.6 is 0 Å². The lowest BCUT2D eigenvalue weighted by Crippen LogP contribution is -2.53. The first-order valence-electron chi connectivity index (χ1n) is 5.53. The fraction of sp³-hybridized carbons (Fsp3) is 0.900. The Hall–Kier alpha value is -0.610. The number of carbonyl (C=O) groups excluding carboxylic acids is 1. The van der Waals surface area contributed by atoms with Crippen molar-refractivity contribution in [3.8, 4) is 0 Å². The van der Waals surface area contributed by atoms with Gasteiger partial charge in [0.15, 0.2) is 6.54 Å². The average Bonchev–Trinajstić information content (AvgIpc) is 2.53. The van der Waals surface area contributed by atoms with Crippen molar-refractivity contribution >= 4 is 5.91 Å². The number of hydrogen-bond donors (Lipinski definition) is 2. The maximum atomic E-state index is 11.0. The molecule has 1 aliphatic heterocycles. The van der Waals surface area contributed by atoms with Gasteiger partial charge in [0.2, 0.25) is 0 Å². The Bertz CT molecular complexity index is 188. The summed E-state index contributed by atoms with van der Waals surface area (Å²) in [6.07, 6.45) is 2.47. The van der Waals surface area contributed by atoms with Crippen LogP contribution in [0.1, 0.15) is 19.8 Å². The number of carbonyl (C=O) groups is 1. The van der Waals surface area contributed by atoms with E-state index in [0.717, 1.165) is 37.2 Å². The summed E-state index contributed by atoms with van der Waals surface area (Å²) in [5.41, 5.74) is 5.29. The Labute approximate surface area is 86.0 Å². The Balaban J connectivity index is 2.40. The van der Waals surface area contributed by atoms with Crippen LogP contribution in [0.3, 0.4) is 0 Å². The number of primary amides is 1. The molecule has 1 aliphatic rings. The monoisotopic (exact) mass is 200 g/mol. The van der Waals surface area contributed by atoms with E-state index in [4.69, 9.17) is 5.73 Å². The van der Waals surface area contributed by atoms with Gasteiger partial charge in [0.05, 0.1) is 19.6 Å². The second kappa shape index (κ2) is 5.32. The number of nitrogens with two attached hydrogens (primary N) is 1. The molecular formula is C10H22N3O+. The SMILES string of the molecule is CCNCC[N+]1(CC(N)=O)CCCC1. The molecule has 1 amide bonds. The lowest BCUT2D eigenvalue weighted by molar-refractivity contribution is -0.908. The summed E-state index contributed by atoms with van der Waals surface area (Å²) in [7, 11) is 0. The highest BCUT2D eigenvalue weighted by atomic mass is 16.1. The number of rotatable bonds is 6. The Morgan fingerprint density at radius 3 is 2.57 bits per heavy atom. The lowest BCUT2D eigenvalue weighted by atomic mass is 10.3. The zero-order valence-corrected chi connectivity index (χ0v) is 9.09. The molecule has 0 unspecified atom stereocenters. The van der Waals surface area contributed by atoms with Gasteiger partial charge in [-0.1, -0.05) is 6.92 Å². The maximum absolute atomic E-state index is 11.0. The minimum Gasteiger partial charge on any atom is -0.365 e. The van der Waals surface area contributed by atoms with Crippen LogP contribution in [0.25, 0.3) is 0 Å². The van der Waals surface area contributed by atoms with Gasteiger partial charge in [-0.15, -0.1) is 0 Å². The van der Waals surface area contributed by atoms with Crippen molar-refractivity contribution in [2.75, 3.05) is 39.3 Å². The molecule has 1 saturated heterocycles. The summed E-state index contributed by atoms with van der Waals surface area (Å²) < 4.78 is 0.905. The van der Waals surface area contributed by atoms with Crippen LogP contribution < -0.4 is 11.1 Å². The topological polar surface area (TPSA) is 55.1 Å². The summed E-state index contributed by atoms with van der Waals surface area (Å²) in [4.78, 5) is 11.0. The lowest BCUT2D eigenvalue weighted by Gasteiger charge is -2.33. The maximum Gasteiger partial charge on any atom is 0.272 e. The van der Waals surface area contributed by atoms with Crippen LogP contribution in [0, 0.1) is 0 Å². The zero-order valence-electron chi connectivity index (χ0n) is 9.09. The second-order valence-electron chi connectivity index (χ2n) is 4.20. The van der Waals surface area contributed by atoms with Crippen LogP contribution in [0.4, 0.5) is 0 Å². The van der Waals surface area contributed by atoms with E-state index in [2.05, 4.69) is 12.2 Å². The molecule has 0 radical (unpaired) electrons. The molecule has 0 aromatic heterocycles. The molecule has 0 aliphatic carbocycles. The molecule has 3 N–H and O–H groups in total. The van der Waals surface area contributed by atoms with Crippen LogP contribution in [0.2, 0.25) is 0 Å². The Morgan fingerprint density at radius 2 is 2.07 bits per heavy atom. The number of likely N-dealkylation sites (N-methyl/N-ethyl adjacent to an activating group) is 1. The number of quaternary nitrogens is 1. The number of likely N-dealkylation sites (tertiary alicyclic amines) is 1. The first-order chi connectivity index (χ1) is 6.68. The fourth-order valence-corrected chi connectivity index (χ4v) is 2.29. The minimum atomic E-state index is -0.164. The molecule has 4 heteroatoms. The third-order valence-corrected chi connectivity index (χ3v) is 3.02. The van der Waals surface area contributed by atoms with Gasteiger partial charge in [0.25, 0.3) is 5.91 Å². The van der Waals surface area contributed by atoms with Gasteiger partial charge in [-0.25, -0.2) is 0 Å². The Morgan fingerprint density at radius 1 is 1.43 bits per heavy atom. The summed E-state index contributed by atoms with van der Waals surface area (Å²) >= 11 is 0. The van der Waals surface area contributed by atoms with E-state index in [1.54, 1.807) is 0 Å². The first-order valence-corrected chi connectivity index (χ1v) is 5.53. The highest BCUT2D eigenvalue weighted by Crippen LogP contribution is 2.18. The van der Waals surface area contributed by atoms with Crippen molar-refractivity contribution in [1.29, 1.82) is 0 Å². The third kappa shape index (κ3) is 3.27. The zero-order chi connectivity index (χ0) is 10.4. The van der Waals surface area contributed by atoms with E-state index in [1.807, 2.05) is 0 Å². The summed E-state index contributed by atoms with van der Waals surface area (Å²) in [5, 5.41) is 3.31. The van der Waals surface area contributed by atoms with Crippen molar-refractivity contribution in [2.45, 2.75) is 19.8 Å². The summed E-state index contributed by atoms with van der Waals surface area (Å²) in [5.74, 6) is -0.164. The van der Waals surface area contributed by atoms with Crippen molar-refractivity contribution in [2.24, 2.45) is 5.73 Å². The van der Waals surface area contributed by atoms with E-state index < -0.39 is 0 Å². The van der Waals surface area contributed by atoms with E-state index in [9.17, 15) is 4.79 Å². The molecule has 82 valence electrons. The molecule has 14 heavy (non-hydrogen) atoms. The number of hydrogen-bond acceptors (Lipinski definition) is 2. The van der Waals surface area contributed by atoms with Gasteiger partial charge >= 0.3 is 0 Å². The Kier molecular flexibility index (Phi) is 4.35. The van der Waals surface area contributed by atoms with Gasteiger partial charge in [0.1, 0.15) is 0 Å². The molecular weight excluding hydrogens is 178 g/mol. The quantitative estimate of drug-likeness (QED) is 0.456. The van der Waals surface area contributed by atoms with E-state index in [-0.39, 0.29) is 5.91 Å². The molecule has 1 fully saturated rings. The number of nitrogens with zero attached hydrogens (tertiary/aromatic N) is 1. The second-order valence-corrected chi connectivity index (χ2v) is 4.20. The summed E-state index contributed by atoms with van der Waals surface area (Å²) in [6, 6.07) is 0. The molecule has 1 rings (SSSR count). The summed E-state index contributed by atoms with van der Waals surface area (Å²) in [6.45, 7) is 7.88. The van der Waals surface area contributed by atoms with Crippen molar-refractivity contribution in [3.05, 3.63) is 0 Å². The molecule has 0 saturated carbocycles. The normalized spacial score (nSPS) is 19.8. The number of amides is 1. The number of nitrogens with one attached hydrogen (secondary N) is 1. The first kappa shape index (κ1) is 11.5.